The fraction of sp³-hybridized carbons (Fsp3) is 0.727. The van der Waals surface area contributed by atoms with Crippen molar-refractivity contribution in [2.45, 2.75) is 25.8 Å². The van der Waals surface area contributed by atoms with Crippen molar-refractivity contribution in [1.29, 1.82) is 0 Å². The Morgan fingerprint density at radius 1 is 1.53 bits per heavy atom. The zero-order valence-electron chi connectivity index (χ0n) is 9.85. The third-order valence-corrected chi connectivity index (χ3v) is 4.51. The van der Waals surface area contributed by atoms with Crippen LogP contribution in [-0.2, 0) is 14.6 Å². The highest BCUT2D eigenvalue weighted by atomic mass is 32.2. The summed E-state index contributed by atoms with van der Waals surface area (Å²) < 4.78 is 22.7. The van der Waals surface area contributed by atoms with E-state index in [-0.39, 0.29) is 24.1 Å². The van der Waals surface area contributed by atoms with Crippen LogP contribution in [0.2, 0.25) is 0 Å². The lowest BCUT2D eigenvalue weighted by atomic mass is 10.2. The molecule has 1 saturated heterocycles. The van der Waals surface area contributed by atoms with Crippen LogP contribution in [0.4, 0.5) is 0 Å². The van der Waals surface area contributed by atoms with Crippen molar-refractivity contribution in [2.75, 3.05) is 24.6 Å². The fourth-order valence-corrected chi connectivity index (χ4v) is 3.71. The van der Waals surface area contributed by atoms with Crippen molar-refractivity contribution in [1.82, 2.24) is 4.90 Å². The molecule has 0 saturated carbocycles. The number of nitrogens with zero attached hydrogens (tertiary/aromatic N) is 1. The summed E-state index contributed by atoms with van der Waals surface area (Å²) in [7, 11) is -2.98. The maximum absolute atomic E-state index is 11.4. The molecule has 1 unspecified atom stereocenters. The van der Waals surface area contributed by atoms with Crippen molar-refractivity contribution < 1.29 is 18.3 Å². The molecule has 1 atom stereocenters. The van der Waals surface area contributed by atoms with Crippen molar-refractivity contribution in [3.8, 4) is 11.8 Å². The summed E-state index contributed by atoms with van der Waals surface area (Å²) in [5.41, 5.74) is 0. The Kier molecular flexibility index (Phi) is 4.97. The van der Waals surface area contributed by atoms with Crippen LogP contribution in [0.1, 0.15) is 19.8 Å². The number of sulfone groups is 1. The largest absolute Gasteiger partial charge is 0.480 e. The molecule has 1 rings (SSSR count). The van der Waals surface area contributed by atoms with Gasteiger partial charge in [-0.1, -0.05) is 0 Å². The Labute approximate surface area is 102 Å². The molecule has 0 aromatic carbocycles. The van der Waals surface area contributed by atoms with Gasteiger partial charge in [0.15, 0.2) is 9.84 Å². The van der Waals surface area contributed by atoms with E-state index in [1.165, 1.54) is 0 Å². The molecule has 0 radical (unpaired) electrons. The van der Waals surface area contributed by atoms with Crippen LogP contribution in [0.3, 0.4) is 0 Å². The van der Waals surface area contributed by atoms with E-state index in [0.29, 0.717) is 19.4 Å². The number of aliphatic carboxylic acids is 1. The highest BCUT2D eigenvalue weighted by molar-refractivity contribution is 7.91. The van der Waals surface area contributed by atoms with Crippen molar-refractivity contribution >= 4 is 15.8 Å². The summed E-state index contributed by atoms with van der Waals surface area (Å²) in [4.78, 5) is 12.4. The molecular formula is C11H17NO4S. The highest BCUT2D eigenvalue weighted by Crippen LogP contribution is 2.17. The van der Waals surface area contributed by atoms with Gasteiger partial charge in [-0.15, -0.1) is 11.8 Å². The molecule has 1 fully saturated rings. The molecule has 1 aliphatic heterocycles. The maximum Gasteiger partial charge on any atom is 0.317 e. The standard InChI is InChI=1S/C11H17NO4S/c1-2-3-4-6-12(8-11(13)14)10-5-7-17(15,16)9-10/h10H,4-9H2,1H3,(H,13,14). The van der Waals surface area contributed by atoms with E-state index in [4.69, 9.17) is 5.11 Å². The summed E-state index contributed by atoms with van der Waals surface area (Å²) in [5, 5.41) is 8.80. The van der Waals surface area contributed by atoms with Gasteiger partial charge in [0.05, 0.1) is 18.1 Å². The average molecular weight is 259 g/mol. The first-order chi connectivity index (χ1) is 7.94. The normalized spacial score (nSPS) is 22.1. The SMILES string of the molecule is CC#CCCN(CC(=O)O)C1CCS(=O)(=O)C1. The highest BCUT2D eigenvalue weighted by Gasteiger charge is 2.32. The van der Waals surface area contributed by atoms with Crippen LogP contribution in [0, 0.1) is 11.8 Å². The van der Waals surface area contributed by atoms with Crippen molar-refractivity contribution in [2.24, 2.45) is 0 Å². The Hall–Kier alpha value is -1.06. The minimum Gasteiger partial charge on any atom is -0.480 e. The van der Waals surface area contributed by atoms with E-state index < -0.39 is 15.8 Å². The second-order valence-corrected chi connectivity index (χ2v) is 6.33. The van der Waals surface area contributed by atoms with Gasteiger partial charge in [0.2, 0.25) is 0 Å². The van der Waals surface area contributed by atoms with Crippen molar-refractivity contribution in [3.63, 3.8) is 0 Å². The van der Waals surface area contributed by atoms with Crippen LogP contribution >= 0.6 is 0 Å². The molecule has 0 aromatic rings. The molecule has 6 heteroatoms. The quantitative estimate of drug-likeness (QED) is 0.702. The van der Waals surface area contributed by atoms with Gasteiger partial charge in [-0.05, 0) is 13.3 Å². The summed E-state index contributed by atoms with van der Waals surface area (Å²) in [5.74, 6) is 4.90. The molecule has 0 amide bonds. The van der Waals surface area contributed by atoms with Gasteiger partial charge in [0, 0.05) is 19.0 Å². The van der Waals surface area contributed by atoms with Gasteiger partial charge in [-0.3, -0.25) is 9.69 Å². The molecule has 5 nitrogen and oxygen atoms in total. The first-order valence-corrected chi connectivity index (χ1v) is 7.32. The number of hydrogen-bond donors (Lipinski definition) is 1. The van der Waals surface area contributed by atoms with Crippen molar-refractivity contribution in [3.05, 3.63) is 0 Å². The average Bonchev–Trinajstić information content (AvgIpc) is 2.57. The van der Waals surface area contributed by atoms with Gasteiger partial charge in [-0.25, -0.2) is 8.42 Å². The maximum atomic E-state index is 11.4. The lowest BCUT2D eigenvalue weighted by Crippen LogP contribution is -2.40. The Balaban J connectivity index is 2.61. The molecule has 0 aliphatic carbocycles. The topological polar surface area (TPSA) is 74.7 Å². The van der Waals surface area contributed by atoms with E-state index in [1.54, 1.807) is 11.8 Å². The molecule has 1 N–H and O–H groups in total. The zero-order valence-corrected chi connectivity index (χ0v) is 10.7. The van der Waals surface area contributed by atoms with E-state index >= 15 is 0 Å². The van der Waals surface area contributed by atoms with Crippen LogP contribution in [-0.4, -0.2) is 55.0 Å². The number of hydrogen-bond acceptors (Lipinski definition) is 4. The van der Waals surface area contributed by atoms with Crippen LogP contribution < -0.4 is 0 Å². The molecule has 1 heterocycles. The minimum atomic E-state index is -2.98. The van der Waals surface area contributed by atoms with Gasteiger partial charge < -0.3 is 5.11 Å². The lowest BCUT2D eigenvalue weighted by Gasteiger charge is -2.25. The first kappa shape index (κ1) is 14.0. The lowest BCUT2D eigenvalue weighted by molar-refractivity contribution is -0.138. The monoisotopic (exact) mass is 259 g/mol. The number of carboxylic acid groups (broad SMARTS) is 1. The summed E-state index contributed by atoms with van der Waals surface area (Å²) in [6, 6.07) is -0.172. The number of carbonyl (C=O) groups is 1. The summed E-state index contributed by atoms with van der Waals surface area (Å²) >= 11 is 0. The van der Waals surface area contributed by atoms with Gasteiger partial charge in [0.1, 0.15) is 0 Å². The predicted molar refractivity (Wildman–Crippen MR) is 64.3 cm³/mol. The Morgan fingerprint density at radius 3 is 2.71 bits per heavy atom. The Morgan fingerprint density at radius 2 is 2.24 bits per heavy atom. The molecule has 0 spiro atoms. The first-order valence-electron chi connectivity index (χ1n) is 5.50. The summed E-state index contributed by atoms with van der Waals surface area (Å²) in [6.07, 6.45) is 1.09. The van der Waals surface area contributed by atoms with Gasteiger partial charge in [-0.2, -0.15) is 0 Å². The molecule has 96 valence electrons. The third kappa shape index (κ3) is 4.75. The predicted octanol–water partition coefficient (Wildman–Crippen LogP) is -0.0265. The summed E-state index contributed by atoms with van der Waals surface area (Å²) in [6.45, 7) is 2.11. The fourth-order valence-electron chi connectivity index (χ4n) is 1.95. The molecule has 17 heavy (non-hydrogen) atoms. The zero-order chi connectivity index (χ0) is 12.9. The van der Waals surface area contributed by atoms with E-state index in [1.807, 2.05) is 0 Å². The molecular weight excluding hydrogens is 242 g/mol. The third-order valence-electron chi connectivity index (χ3n) is 2.76. The van der Waals surface area contributed by atoms with Gasteiger partial charge in [0.25, 0.3) is 0 Å². The van der Waals surface area contributed by atoms with Crippen LogP contribution in [0.25, 0.3) is 0 Å². The van der Waals surface area contributed by atoms with Crippen LogP contribution in [0.5, 0.6) is 0 Å². The number of rotatable bonds is 5. The van der Waals surface area contributed by atoms with E-state index in [2.05, 4.69) is 11.8 Å². The molecule has 0 bridgehead atoms. The Bertz CT molecular complexity index is 432. The second kappa shape index (κ2) is 6.03. The van der Waals surface area contributed by atoms with E-state index in [0.717, 1.165) is 0 Å². The minimum absolute atomic E-state index is 0.0693. The number of carboxylic acids is 1. The molecule has 0 aromatic heterocycles. The smallest absolute Gasteiger partial charge is 0.317 e. The van der Waals surface area contributed by atoms with Gasteiger partial charge >= 0.3 is 5.97 Å². The van der Waals surface area contributed by atoms with E-state index in [9.17, 15) is 13.2 Å². The van der Waals surface area contributed by atoms with Crippen LogP contribution in [0.15, 0.2) is 0 Å². The second-order valence-electron chi connectivity index (χ2n) is 4.10. The molecule has 1 aliphatic rings.